The Morgan fingerprint density at radius 1 is 0.879 bits per heavy atom. The largest absolute Gasteiger partial charge is 0.450 e. The number of hydrogen-bond donors (Lipinski definition) is 0. The van der Waals surface area contributed by atoms with E-state index in [0.717, 1.165) is 6.07 Å². The second-order valence-corrected chi connectivity index (χ2v) is 8.07. The maximum Gasteiger partial charge on any atom is 0.450 e. The number of halogens is 6. The van der Waals surface area contributed by atoms with E-state index >= 15 is 0 Å². The van der Waals surface area contributed by atoms with E-state index in [2.05, 4.69) is 0 Å². The van der Waals surface area contributed by atoms with E-state index in [1.807, 2.05) is 0 Å². The molecule has 0 aliphatic heterocycles. The summed E-state index contributed by atoms with van der Waals surface area (Å²) in [5.74, 6) is -2.44. The highest BCUT2D eigenvalue weighted by Gasteiger charge is 2.39. The molecule has 4 rings (SSSR count). The lowest BCUT2D eigenvalue weighted by atomic mass is 10.0. The maximum absolute atomic E-state index is 13.8. The number of fused-ring (bicyclic) bond motifs is 1. The number of rotatable bonds is 3. The quantitative estimate of drug-likeness (QED) is 0.208. The second-order valence-electron chi connectivity index (χ2n) is 6.82. The summed E-state index contributed by atoms with van der Waals surface area (Å²) >= 11 is 17.5. The minimum Gasteiger partial charge on any atom is -0.450 e. The summed E-state index contributed by atoms with van der Waals surface area (Å²) in [6, 6.07) is 12.9. The summed E-state index contributed by atoms with van der Waals surface area (Å²) in [5, 5.41) is 0.533. The molecular formula is C23H10Cl3F3O4. The van der Waals surface area contributed by atoms with Crippen LogP contribution in [0.5, 0.6) is 5.75 Å². The second kappa shape index (κ2) is 8.74. The lowest BCUT2D eigenvalue weighted by molar-refractivity contribution is -0.152. The van der Waals surface area contributed by atoms with Gasteiger partial charge in [-0.3, -0.25) is 4.79 Å². The predicted molar refractivity (Wildman–Crippen MR) is 119 cm³/mol. The van der Waals surface area contributed by atoms with Crippen molar-refractivity contribution in [1.29, 1.82) is 0 Å². The molecule has 0 amide bonds. The van der Waals surface area contributed by atoms with Gasteiger partial charge in [-0.25, -0.2) is 4.79 Å². The molecule has 1 heterocycles. The molecule has 1 aromatic heterocycles. The highest BCUT2D eigenvalue weighted by molar-refractivity contribution is 6.42. The molecule has 4 aromatic rings. The van der Waals surface area contributed by atoms with Crippen molar-refractivity contribution in [2.45, 2.75) is 6.18 Å². The van der Waals surface area contributed by atoms with Gasteiger partial charge in [0.05, 0.1) is 26.6 Å². The molecule has 10 heteroatoms. The highest BCUT2D eigenvalue weighted by Crippen LogP contribution is 2.38. The van der Waals surface area contributed by atoms with E-state index in [1.54, 1.807) is 0 Å². The summed E-state index contributed by atoms with van der Waals surface area (Å²) < 4.78 is 51.6. The van der Waals surface area contributed by atoms with Crippen LogP contribution in [0.15, 0.2) is 69.9 Å². The fourth-order valence-corrected chi connectivity index (χ4v) is 3.53. The van der Waals surface area contributed by atoms with Crippen LogP contribution in [-0.4, -0.2) is 5.97 Å². The van der Waals surface area contributed by atoms with Crippen molar-refractivity contribution < 1.29 is 27.1 Å². The summed E-state index contributed by atoms with van der Waals surface area (Å²) in [4.78, 5) is 25.3. The van der Waals surface area contributed by atoms with Crippen molar-refractivity contribution in [3.8, 4) is 16.9 Å². The Labute approximate surface area is 199 Å². The van der Waals surface area contributed by atoms with Crippen LogP contribution < -0.4 is 10.2 Å². The molecule has 3 aromatic carbocycles. The van der Waals surface area contributed by atoms with E-state index in [0.29, 0.717) is 5.02 Å². The van der Waals surface area contributed by atoms with Gasteiger partial charge < -0.3 is 9.15 Å². The number of alkyl halides is 3. The van der Waals surface area contributed by atoms with Gasteiger partial charge in [0.1, 0.15) is 11.3 Å². The van der Waals surface area contributed by atoms with Crippen molar-refractivity contribution >= 4 is 51.7 Å². The number of benzene rings is 3. The van der Waals surface area contributed by atoms with Crippen molar-refractivity contribution in [2.75, 3.05) is 0 Å². The third kappa shape index (κ3) is 4.71. The van der Waals surface area contributed by atoms with Gasteiger partial charge in [-0.2, -0.15) is 13.2 Å². The molecule has 33 heavy (non-hydrogen) atoms. The molecule has 0 bridgehead atoms. The monoisotopic (exact) mass is 512 g/mol. The van der Waals surface area contributed by atoms with Crippen molar-refractivity contribution in [2.24, 2.45) is 0 Å². The minimum absolute atomic E-state index is 0.00232. The first-order valence-corrected chi connectivity index (χ1v) is 10.3. The van der Waals surface area contributed by atoms with E-state index in [1.165, 1.54) is 54.6 Å². The van der Waals surface area contributed by atoms with E-state index in [4.69, 9.17) is 44.0 Å². The molecule has 0 N–H and O–H groups in total. The van der Waals surface area contributed by atoms with E-state index in [-0.39, 0.29) is 32.3 Å². The maximum atomic E-state index is 13.8. The molecule has 0 unspecified atom stereocenters. The number of esters is 1. The Bertz CT molecular complexity index is 1440. The molecule has 0 radical (unpaired) electrons. The predicted octanol–water partition coefficient (Wildman–Crippen LogP) is 7.66. The van der Waals surface area contributed by atoms with Crippen molar-refractivity contribution in [3.05, 3.63) is 97.3 Å². The average Bonchev–Trinajstić information content (AvgIpc) is 2.75. The van der Waals surface area contributed by atoms with Gasteiger partial charge >= 0.3 is 12.1 Å². The van der Waals surface area contributed by atoms with Gasteiger partial charge in [0, 0.05) is 11.1 Å². The first kappa shape index (κ1) is 23.2. The molecule has 0 saturated heterocycles. The van der Waals surface area contributed by atoms with Crippen LogP contribution >= 0.6 is 34.8 Å². The Morgan fingerprint density at radius 3 is 2.21 bits per heavy atom. The SMILES string of the molecule is O=C(Oc1ccc2c(=O)c(-c3ccc(Cl)cc3)c(C(F)(F)F)oc2c1)c1ccc(Cl)c(Cl)c1. The van der Waals surface area contributed by atoms with Crippen LogP contribution in [0.4, 0.5) is 13.2 Å². The molecule has 0 aliphatic rings. The number of hydrogen-bond acceptors (Lipinski definition) is 4. The van der Waals surface area contributed by atoms with Gasteiger partial charge in [-0.05, 0) is 48.0 Å². The zero-order valence-electron chi connectivity index (χ0n) is 16.2. The third-order valence-corrected chi connectivity index (χ3v) is 5.61. The van der Waals surface area contributed by atoms with E-state index < -0.39 is 34.5 Å². The molecule has 0 saturated carbocycles. The lowest BCUT2D eigenvalue weighted by Gasteiger charge is -2.13. The van der Waals surface area contributed by atoms with E-state index in [9.17, 15) is 22.8 Å². The third-order valence-electron chi connectivity index (χ3n) is 4.62. The van der Waals surface area contributed by atoms with Crippen molar-refractivity contribution in [3.63, 3.8) is 0 Å². The molecule has 0 fully saturated rings. The van der Waals surface area contributed by atoms with Crippen LogP contribution in [0.25, 0.3) is 22.1 Å². The Hall–Kier alpha value is -3.00. The van der Waals surface area contributed by atoms with Crippen LogP contribution in [-0.2, 0) is 6.18 Å². The zero-order valence-corrected chi connectivity index (χ0v) is 18.4. The Balaban J connectivity index is 1.80. The molecule has 0 aliphatic carbocycles. The topological polar surface area (TPSA) is 56.5 Å². The standard InChI is InChI=1S/C23H10Cl3F3O4/c24-13-4-1-11(2-5-13)19-20(30)15-7-6-14(10-18(15)33-21(19)23(27,28)29)32-22(31)12-3-8-16(25)17(26)9-12/h1-10H. The molecule has 168 valence electrons. The van der Waals surface area contributed by atoms with Crippen molar-refractivity contribution in [1.82, 2.24) is 0 Å². The molecular weight excluding hydrogens is 504 g/mol. The van der Waals surface area contributed by atoms with Gasteiger partial charge in [0.15, 0.2) is 0 Å². The summed E-state index contributed by atoms with van der Waals surface area (Å²) in [6.45, 7) is 0. The first-order chi connectivity index (χ1) is 15.5. The van der Waals surface area contributed by atoms with Gasteiger partial charge in [-0.15, -0.1) is 0 Å². The van der Waals surface area contributed by atoms with Gasteiger partial charge in [-0.1, -0.05) is 46.9 Å². The Morgan fingerprint density at radius 2 is 1.58 bits per heavy atom. The number of ether oxygens (including phenoxy) is 1. The summed E-state index contributed by atoms with van der Waals surface area (Å²) in [5.41, 5.74) is -1.87. The summed E-state index contributed by atoms with van der Waals surface area (Å²) in [6.07, 6.45) is -4.96. The van der Waals surface area contributed by atoms with Gasteiger partial charge in [0.25, 0.3) is 0 Å². The fraction of sp³-hybridized carbons (Fsp3) is 0.0435. The Kier molecular flexibility index (Phi) is 6.14. The number of carbonyl (C=O) groups excluding carboxylic acids is 1. The zero-order chi connectivity index (χ0) is 23.9. The molecule has 4 nitrogen and oxygen atoms in total. The molecule has 0 spiro atoms. The summed E-state index contributed by atoms with van der Waals surface area (Å²) in [7, 11) is 0. The van der Waals surface area contributed by atoms with Crippen LogP contribution in [0.3, 0.4) is 0 Å². The highest BCUT2D eigenvalue weighted by atomic mass is 35.5. The fourth-order valence-electron chi connectivity index (χ4n) is 3.10. The van der Waals surface area contributed by atoms with Crippen LogP contribution in [0.1, 0.15) is 16.1 Å². The normalized spacial score (nSPS) is 11.6. The lowest BCUT2D eigenvalue weighted by Crippen LogP contribution is -2.16. The number of carbonyl (C=O) groups is 1. The first-order valence-electron chi connectivity index (χ1n) is 9.16. The average molecular weight is 514 g/mol. The smallest absolute Gasteiger partial charge is 0.450 e. The van der Waals surface area contributed by atoms with Crippen LogP contribution in [0, 0.1) is 0 Å². The molecule has 0 atom stereocenters. The minimum atomic E-state index is -4.96. The van der Waals surface area contributed by atoms with Crippen LogP contribution in [0.2, 0.25) is 15.1 Å². The van der Waals surface area contributed by atoms with Gasteiger partial charge in [0.2, 0.25) is 11.2 Å².